The molecule has 2 rings (SSSR count). The van der Waals surface area contributed by atoms with E-state index >= 15 is 0 Å². The van der Waals surface area contributed by atoms with Gasteiger partial charge in [-0.1, -0.05) is 12.8 Å². The van der Waals surface area contributed by atoms with E-state index in [4.69, 9.17) is 5.26 Å². The third-order valence-electron chi connectivity index (χ3n) is 3.81. The van der Waals surface area contributed by atoms with Crippen LogP contribution in [-0.2, 0) is 0 Å². The summed E-state index contributed by atoms with van der Waals surface area (Å²) >= 11 is 0. The highest BCUT2D eigenvalue weighted by Gasteiger charge is 2.25. The van der Waals surface area contributed by atoms with Crippen LogP contribution in [0.5, 0.6) is 0 Å². The fraction of sp³-hybridized carbons (Fsp3) is 0.500. The molecule has 1 aliphatic rings. The van der Waals surface area contributed by atoms with Crippen LogP contribution in [-0.4, -0.2) is 22.7 Å². The van der Waals surface area contributed by atoms with E-state index in [1.54, 1.807) is 6.07 Å². The predicted molar refractivity (Wildman–Crippen MR) is 74.3 cm³/mol. The molecule has 1 fully saturated rings. The second-order valence-electron chi connectivity index (χ2n) is 5.08. The van der Waals surface area contributed by atoms with Crippen LogP contribution >= 0.6 is 0 Å². The monoisotopic (exact) mass is 275 g/mol. The number of aliphatic hydroxyl groups is 1. The summed E-state index contributed by atoms with van der Waals surface area (Å²) in [5.41, 5.74) is 0.498. The Labute approximate surface area is 117 Å². The van der Waals surface area contributed by atoms with E-state index in [1.807, 2.05) is 6.07 Å². The molecule has 2 unspecified atom stereocenters. The summed E-state index contributed by atoms with van der Waals surface area (Å²) in [6.45, 7) is 0.121. The van der Waals surface area contributed by atoms with Crippen molar-refractivity contribution in [3.05, 3.63) is 33.9 Å². The lowest BCUT2D eigenvalue weighted by molar-refractivity contribution is -0.385. The summed E-state index contributed by atoms with van der Waals surface area (Å²) in [5.74, 6) is 0.179. The Morgan fingerprint density at radius 3 is 2.85 bits per heavy atom. The smallest absolute Gasteiger partial charge is 0.289 e. The van der Waals surface area contributed by atoms with E-state index in [0.717, 1.165) is 25.7 Å². The molecule has 0 amide bonds. The molecule has 1 aromatic carbocycles. The summed E-state index contributed by atoms with van der Waals surface area (Å²) in [5, 5.41) is 32.4. The maximum atomic E-state index is 10.9. The van der Waals surface area contributed by atoms with Crippen LogP contribution in [0, 0.1) is 27.4 Å². The molecule has 6 nitrogen and oxygen atoms in total. The molecule has 1 saturated carbocycles. The molecular formula is C14H17N3O3. The standard InChI is InChI=1S/C14H17N3O3/c15-8-10-5-6-12(7-14(10)17(19)20)16-13-4-2-1-3-11(13)9-18/h5-7,11,13,16,18H,1-4,9H2. The number of anilines is 1. The minimum atomic E-state index is -0.547. The Hall–Kier alpha value is -2.13. The highest BCUT2D eigenvalue weighted by molar-refractivity contribution is 5.59. The highest BCUT2D eigenvalue weighted by Crippen LogP contribution is 2.29. The maximum Gasteiger partial charge on any atom is 0.289 e. The van der Waals surface area contributed by atoms with Crippen LogP contribution in [0.15, 0.2) is 18.2 Å². The van der Waals surface area contributed by atoms with E-state index in [9.17, 15) is 15.2 Å². The number of nitriles is 1. The van der Waals surface area contributed by atoms with Crippen molar-refractivity contribution in [2.45, 2.75) is 31.7 Å². The molecule has 1 aromatic rings. The van der Waals surface area contributed by atoms with Gasteiger partial charge in [-0.25, -0.2) is 0 Å². The van der Waals surface area contributed by atoms with E-state index in [0.29, 0.717) is 5.69 Å². The quantitative estimate of drug-likeness (QED) is 0.649. The van der Waals surface area contributed by atoms with Gasteiger partial charge in [-0.05, 0) is 25.0 Å². The van der Waals surface area contributed by atoms with Crippen LogP contribution in [0.3, 0.4) is 0 Å². The fourth-order valence-electron chi connectivity index (χ4n) is 2.70. The first-order valence-corrected chi connectivity index (χ1v) is 6.71. The van der Waals surface area contributed by atoms with Crippen molar-refractivity contribution in [1.82, 2.24) is 0 Å². The summed E-state index contributed by atoms with van der Waals surface area (Å²) in [7, 11) is 0. The van der Waals surface area contributed by atoms with Crippen LogP contribution in [0.25, 0.3) is 0 Å². The Bertz CT molecular complexity index is 539. The zero-order valence-electron chi connectivity index (χ0n) is 11.1. The Kier molecular flexibility index (Phi) is 4.53. The molecule has 0 spiro atoms. The van der Waals surface area contributed by atoms with Crippen molar-refractivity contribution in [2.75, 3.05) is 11.9 Å². The number of nitrogens with zero attached hydrogens (tertiary/aromatic N) is 2. The highest BCUT2D eigenvalue weighted by atomic mass is 16.6. The molecular weight excluding hydrogens is 258 g/mol. The molecule has 0 aliphatic heterocycles. The van der Waals surface area contributed by atoms with Gasteiger partial charge in [0.05, 0.1) is 4.92 Å². The van der Waals surface area contributed by atoms with Crippen molar-refractivity contribution in [2.24, 2.45) is 5.92 Å². The van der Waals surface area contributed by atoms with Gasteiger partial charge in [-0.15, -0.1) is 0 Å². The Morgan fingerprint density at radius 1 is 1.45 bits per heavy atom. The number of nitro groups is 1. The topological polar surface area (TPSA) is 99.2 Å². The molecule has 0 bridgehead atoms. The SMILES string of the molecule is N#Cc1ccc(NC2CCCCC2CO)cc1[N+](=O)[O-]. The van der Waals surface area contributed by atoms with Crippen LogP contribution < -0.4 is 5.32 Å². The first-order valence-electron chi connectivity index (χ1n) is 6.71. The first-order chi connectivity index (χ1) is 9.65. The van der Waals surface area contributed by atoms with Gasteiger partial charge in [0.15, 0.2) is 0 Å². The third-order valence-corrected chi connectivity index (χ3v) is 3.81. The van der Waals surface area contributed by atoms with Crippen LogP contribution in [0.4, 0.5) is 11.4 Å². The zero-order chi connectivity index (χ0) is 14.5. The van der Waals surface area contributed by atoms with Crippen molar-refractivity contribution >= 4 is 11.4 Å². The molecule has 106 valence electrons. The number of aliphatic hydroxyl groups excluding tert-OH is 1. The van der Waals surface area contributed by atoms with E-state index < -0.39 is 4.92 Å². The number of hydrogen-bond donors (Lipinski definition) is 2. The minimum absolute atomic E-state index is 0.0582. The zero-order valence-corrected chi connectivity index (χ0v) is 11.1. The van der Waals surface area contributed by atoms with E-state index in [-0.39, 0.29) is 29.8 Å². The summed E-state index contributed by atoms with van der Waals surface area (Å²) in [4.78, 5) is 10.4. The number of hydrogen-bond acceptors (Lipinski definition) is 5. The summed E-state index contributed by atoms with van der Waals surface area (Å²) in [6, 6.07) is 6.47. The molecule has 20 heavy (non-hydrogen) atoms. The number of benzene rings is 1. The lowest BCUT2D eigenvalue weighted by Gasteiger charge is -2.31. The average molecular weight is 275 g/mol. The summed E-state index contributed by atoms with van der Waals surface area (Å²) in [6.07, 6.45) is 4.11. The molecule has 0 aromatic heterocycles. The first kappa shape index (κ1) is 14.3. The lowest BCUT2D eigenvalue weighted by atomic mass is 9.85. The van der Waals surface area contributed by atoms with E-state index in [1.165, 1.54) is 12.1 Å². The average Bonchev–Trinajstić information content (AvgIpc) is 2.47. The van der Waals surface area contributed by atoms with Gasteiger partial charge in [0, 0.05) is 30.3 Å². The van der Waals surface area contributed by atoms with Gasteiger partial charge >= 0.3 is 0 Å². The molecule has 0 saturated heterocycles. The van der Waals surface area contributed by atoms with E-state index in [2.05, 4.69) is 5.32 Å². The minimum Gasteiger partial charge on any atom is -0.396 e. The molecule has 0 heterocycles. The van der Waals surface area contributed by atoms with Gasteiger partial charge in [0.2, 0.25) is 0 Å². The number of rotatable bonds is 4. The van der Waals surface area contributed by atoms with Gasteiger partial charge in [0.25, 0.3) is 5.69 Å². The second kappa shape index (κ2) is 6.35. The maximum absolute atomic E-state index is 10.9. The van der Waals surface area contributed by atoms with Gasteiger partial charge < -0.3 is 10.4 Å². The normalized spacial score (nSPS) is 22.0. The van der Waals surface area contributed by atoms with Crippen molar-refractivity contribution in [3.8, 4) is 6.07 Å². The number of nitrogens with one attached hydrogen (secondary N) is 1. The second-order valence-corrected chi connectivity index (χ2v) is 5.08. The Balaban J connectivity index is 2.19. The van der Waals surface area contributed by atoms with Gasteiger partial charge in [0.1, 0.15) is 11.6 Å². The fourth-order valence-corrected chi connectivity index (χ4v) is 2.70. The molecule has 6 heteroatoms. The van der Waals surface area contributed by atoms with Crippen molar-refractivity contribution < 1.29 is 10.0 Å². The largest absolute Gasteiger partial charge is 0.396 e. The molecule has 1 aliphatic carbocycles. The van der Waals surface area contributed by atoms with Crippen LogP contribution in [0.1, 0.15) is 31.2 Å². The van der Waals surface area contributed by atoms with Gasteiger partial charge in [-0.2, -0.15) is 5.26 Å². The predicted octanol–water partition coefficient (Wildman–Crippen LogP) is 2.43. The van der Waals surface area contributed by atoms with Crippen molar-refractivity contribution in [1.29, 1.82) is 5.26 Å². The molecule has 2 N–H and O–H groups in total. The molecule has 2 atom stereocenters. The van der Waals surface area contributed by atoms with Gasteiger partial charge in [-0.3, -0.25) is 10.1 Å². The van der Waals surface area contributed by atoms with Crippen molar-refractivity contribution in [3.63, 3.8) is 0 Å². The summed E-state index contributed by atoms with van der Waals surface area (Å²) < 4.78 is 0. The van der Waals surface area contributed by atoms with Crippen LogP contribution in [0.2, 0.25) is 0 Å². The molecule has 0 radical (unpaired) electrons. The third kappa shape index (κ3) is 3.06. The number of nitro benzene ring substituents is 1. The Morgan fingerprint density at radius 2 is 2.20 bits per heavy atom. The lowest BCUT2D eigenvalue weighted by Crippen LogP contribution is -2.34.